The molecule has 72 valence electrons. The lowest BCUT2D eigenvalue weighted by atomic mass is 10.1. The average molecular weight is 272 g/mol. The highest BCUT2D eigenvalue weighted by molar-refractivity contribution is 9.09. The standard InChI is InChI=1S/C11H8BrClO/c12-7-1-2-9-3-5-10(6-4-9)11(14)8-13/h3-6H,7-8H2. The predicted molar refractivity (Wildman–Crippen MR) is 62.2 cm³/mol. The van der Waals surface area contributed by atoms with Crippen LogP contribution in [-0.4, -0.2) is 17.0 Å². The minimum absolute atomic E-state index is 0.0203. The first-order valence-corrected chi connectivity index (χ1v) is 5.67. The second-order valence-electron chi connectivity index (χ2n) is 2.57. The molecular formula is C11H8BrClO. The zero-order valence-corrected chi connectivity index (χ0v) is 9.73. The van der Waals surface area contributed by atoms with Gasteiger partial charge in [0.05, 0.1) is 11.2 Å². The Balaban J connectivity index is 2.83. The third-order valence-electron chi connectivity index (χ3n) is 1.63. The molecule has 0 amide bonds. The molecule has 1 aromatic carbocycles. The minimum atomic E-state index is -0.0633. The first-order valence-electron chi connectivity index (χ1n) is 4.02. The van der Waals surface area contributed by atoms with Crippen LogP contribution in [-0.2, 0) is 0 Å². The van der Waals surface area contributed by atoms with Crippen molar-refractivity contribution in [1.82, 2.24) is 0 Å². The van der Waals surface area contributed by atoms with Gasteiger partial charge >= 0.3 is 0 Å². The second-order valence-corrected chi connectivity index (χ2v) is 3.40. The lowest BCUT2D eigenvalue weighted by molar-refractivity contribution is 0.102. The first kappa shape index (κ1) is 11.3. The number of carbonyl (C=O) groups is 1. The Hall–Kier alpha value is -0.780. The average Bonchev–Trinajstić information content (AvgIpc) is 2.26. The second kappa shape index (κ2) is 5.85. The molecule has 0 atom stereocenters. The van der Waals surface area contributed by atoms with Gasteiger partial charge in [0.15, 0.2) is 5.78 Å². The van der Waals surface area contributed by atoms with Crippen LogP contribution in [0.25, 0.3) is 0 Å². The van der Waals surface area contributed by atoms with E-state index in [0.717, 1.165) is 5.56 Å². The van der Waals surface area contributed by atoms with Crippen LogP contribution in [0.15, 0.2) is 24.3 Å². The van der Waals surface area contributed by atoms with Crippen molar-refractivity contribution in [2.75, 3.05) is 11.2 Å². The van der Waals surface area contributed by atoms with Crippen molar-refractivity contribution in [3.05, 3.63) is 35.4 Å². The van der Waals surface area contributed by atoms with Gasteiger partial charge in [0.1, 0.15) is 0 Å². The molecule has 0 unspecified atom stereocenters. The predicted octanol–water partition coefficient (Wildman–Crippen LogP) is 2.85. The van der Waals surface area contributed by atoms with Crippen LogP contribution in [0.4, 0.5) is 0 Å². The zero-order valence-electron chi connectivity index (χ0n) is 7.39. The first-order chi connectivity index (χ1) is 6.77. The topological polar surface area (TPSA) is 17.1 Å². The van der Waals surface area contributed by atoms with Crippen molar-refractivity contribution in [2.24, 2.45) is 0 Å². The van der Waals surface area contributed by atoms with Crippen molar-refractivity contribution in [3.63, 3.8) is 0 Å². The van der Waals surface area contributed by atoms with Crippen molar-refractivity contribution < 1.29 is 4.79 Å². The summed E-state index contributed by atoms with van der Waals surface area (Å²) in [4.78, 5) is 11.2. The van der Waals surface area contributed by atoms with E-state index in [1.165, 1.54) is 0 Å². The third kappa shape index (κ3) is 3.17. The maximum atomic E-state index is 11.2. The summed E-state index contributed by atoms with van der Waals surface area (Å²) in [6.45, 7) is 0. The van der Waals surface area contributed by atoms with Crippen molar-refractivity contribution >= 4 is 33.3 Å². The number of hydrogen-bond acceptors (Lipinski definition) is 1. The fraction of sp³-hybridized carbons (Fsp3) is 0.182. The number of Topliss-reactive ketones (excluding diaryl/α,β-unsaturated/α-hetero) is 1. The van der Waals surface area contributed by atoms with Crippen LogP contribution in [0.2, 0.25) is 0 Å². The Bertz CT molecular complexity index is 373. The van der Waals surface area contributed by atoms with E-state index in [2.05, 4.69) is 27.8 Å². The molecule has 0 spiro atoms. The van der Waals surface area contributed by atoms with Gasteiger partial charge in [-0.25, -0.2) is 0 Å². The van der Waals surface area contributed by atoms with Gasteiger partial charge in [-0.15, -0.1) is 11.6 Å². The van der Waals surface area contributed by atoms with Gasteiger partial charge < -0.3 is 0 Å². The van der Waals surface area contributed by atoms with Crippen molar-refractivity contribution in [1.29, 1.82) is 0 Å². The Morgan fingerprint density at radius 2 is 2.00 bits per heavy atom. The van der Waals surface area contributed by atoms with E-state index >= 15 is 0 Å². The van der Waals surface area contributed by atoms with E-state index in [9.17, 15) is 4.79 Å². The highest BCUT2D eigenvalue weighted by Gasteiger charge is 2.01. The van der Waals surface area contributed by atoms with Gasteiger partial charge in [-0.2, -0.15) is 0 Å². The van der Waals surface area contributed by atoms with Gasteiger partial charge in [0, 0.05) is 11.1 Å². The van der Waals surface area contributed by atoms with Gasteiger partial charge in [0.2, 0.25) is 0 Å². The molecule has 3 heteroatoms. The molecule has 14 heavy (non-hydrogen) atoms. The molecule has 0 fully saturated rings. The summed E-state index contributed by atoms with van der Waals surface area (Å²) in [5.41, 5.74) is 1.53. The minimum Gasteiger partial charge on any atom is -0.293 e. The van der Waals surface area contributed by atoms with E-state index in [1.807, 2.05) is 12.1 Å². The summed E-state index contributed by atoms with van der Waals surface area (Å²) in [5.74, 6) is 5.78. The van der Waals surface area contributed by atoms with Crippen LogP contribution in [0, 0.1) is 11.8 Å². The molecule has 0 saturated heterocycles. The molecule has 1 rings (SSSR count). The van der Waals surface area contributed by atoms with Gasteiger partial charge in [-0.1, -0.05) is 39.9 Å². The van der Waals surface area contributed by atoms with Crippen LogP contribution < -0.4 is 0 Å². The summed E-state index contributed by atoms with van der Waals surface area (Å²) in [6, 6.07) is 7.11. The molecule has 0 radical (unpaired) electrons. The number of ketones is 1. The van der Waals surface area contributed by atoms with E-state index in [0.29, 0.717) is 10.9 Å². The highest BCUT2D eigenvalue weighted by atomic mass is 79.9. The number of alkyl halides is 2. The molecule has 1 aromatic rings. The zero-order chi connectivity index (χ0) is 10.4. The summed E-state index contributed by atoms with van der Waals surface area (Å²) in [5, 5.41) is 0.648. The van der Waals surface area contributed by atoms with E-state index < -0.39 is 0 Å². The highest BCUT2D eigenvalue weighted by Crippen LogP contribution is 2.05. The van der Waals surface area contributed by atoms with E-state index in [4.69, 9.17) is 11.6 Å². The molecule has 1 nitrogen and oxygen atoms in total. The molecule has 0 bridgehead atoms. The smallest absolute Gasteiger partial charge is 0.177 e. The third-order valence-corrected chi connectivity index (χ3v) is 2.15. The molecule has 0 aliphatic heterocycles. The number of carbonyl (C=O) groups excluding carboxylic acids is 1. The summed E-state index contributed by atoms with van der Waals surface area (Å²) < 4.78 is 0. The number of halogens is 2. The van der Waals surface area contributed by atoms with E-state index in [-0.39, 0.29) is 11.7 Å². The Morgan fingerprint density at radius 3 is 2.50 bits per heavy atom. The Kier molecular flexibility index (Phi) is 4.72. The number of rotatable bonds is 2. The fourth-order valence-corrected chi connectivity index (χ4v) is 1.25. The SMILES string of the molecule is O=C(CCl)c1ccc(C#CCBr)cc1. The fourth-order valence-electron chi connectivity index (χ4n) is 0.952. The van der Waals surface area contributed by atoms with Crippen LogP contribution in [0.5, 0.6) is 0 Å². The molecule has 0 aliphatic rings. The maximum absolute atomic E-state index is 11.2. The molecule has 0 N–H and O–H groups in total. The van der Waals surface area contributed by atoms with Crippen LogP contribution in [0.3, 0.4) is 0 Å². The van der Waals surface area contributed by atoms with Crippen molar-refractivity contribution in [2.45, 2.75) is 0 Å². The van der Waals surface area contributed by atoms with Crippen LogP contribution >= 0.6 is 27.5 Å². The van der Waals surface area contributed by atoms with Crippen LogP contribution in [0.1, 0.15) is 15.9 Å². The maximum Gasteiger partial charge on any atom is 0.177 e. The van der Waals surface area contributed by atoms with Crippen molar-refractivity contribution in [3.8, 4) is 11.8 Å². The normalized spacial score (nSPS) is 9.00. The Morgan fingerprint density at radius 1 is 1.36 bits per heavy atom. The molecule has 0 saturated carbocycles. The number of benzene rings is 1. The largest absolute Gasteiger partial charge is 0.293 e. The Labute approximate surface area is 96.6 Å². The lowest BCUT2D eigenvalue weighted by Gasteiger charge is -1.96. The quantitative estimate of drug-likeness (QED) is 0.459. The summed E-state index contributed by atoms with van der Waals surface area (Å²) in [6.07, 6.45) is 0. The number of hydrogen-bond donors (Lipinski definition) is 0. The van der Waals surface area contributed by atoms with E-state index in [1.54, 1.807) is 12.1 Å². The molecule has 0 heterocycles. The lowest BCUT2D eigenvalue weighted by Crippen LogP contribution is -1.99. The monoisotopic (exact) mass is 270 g/mol. The van der Waals surface area contributed by atoms with Gasteiger partial charge in [0.25, 0.3) is 0 Å². The van der Waals surface area contributed by atoms with Gasteiger partial charge in [-0.05, 0) is 12.1 Å². The summed E-state index contributed by atoms with van der Waals surface area (Å²) in [7, 11) is 0. The molecule has 0 aliphatic carbocycles. The molecule has 0 aromatic heterocycles. The van der Waals surface area contributed by atoms with Gasteiger partial charge in [-0.3, -0.25) is 4.79 Å². The summed E-state index contributed by atoms with van der Waals surface area (Å²) >= 11 is 8.64. The molecular weight excluding hydrogens is 263 g/mol.